The molecular weight excluding hydrogens is 383 g/mol. The Morgan fingerprint density at radius 3 is 2.48 bits per heavy atom. The first-order valence-electron chi connectivity index (χ1n) is 8.11. The maximum Gasteiger partial charge on any atom is 0.491 e. The van der Waals surface area contributed by atoms with E-state index in [-0.39, 0.29) is 13.0 Å². The van der Waals surface area contributed by atoms with Crippen molar-refractivity contribution in [2.75, 3.05) is 13.2 Å². The van der Waals surface area contributed by atoms with Gasteiger partial charge in [0.1, 0.15) is 5.75 Å². The summed E-state index contributed by atoms with van der Waals surface area (Å²) < 4.78 is 45.2. The third-order valence-corrected chi connectivity index (χ3v) is 4.33. The highest BCUT2D eigenvalue weighted by Crippen LogP contribution is 2.17. The second-order valence-corrected chi connectivity index (χ2v) is 6.54. The van der Waals surface area contributed by atoms with Gasteiger partial charge < -0.3 is 14.8 Å². The Kier molecular flexibility index (Phi) is 7.81. The summed E-state index contributed by atoms with van der Waals surface area (Å²) in [6.45, 7) is 1.08. The highest BCUT2D eigenvalue weighted by atomic mass is 32.1. The Morgan fingerprint density at radius 1 is 1.11 bits per heavy atom. The van der Waals surface area contributed by atoms with E-state index in [9.17, 15) is 22.8 Å². The van der Waals surface area contributed by atoms with E-state index >= 15 is 0 Å². The molecule has 1 aromatic carbocycles. The van der Waals surface area contributed by atoms with Crippen molar-refractivity contribution in [2.45, 2.75) is 25.6 Å². The number of alkyl halides is 3. The largest absolute Gasteiger partial charge is 0.493 e. The molecule has 5 nitrogen and oxygen atoms in total. The van der Waals surface area contributed by atoms with Crippen LogP contribution in [0.25, 0.3) is 0 Å². The molecule has 1 N–H and O–H groups in total. The number of hydrogen-bond acceptors (Lipinski definition) is 6. The molecule has 0 amide bonds. The summed E-state index contributed by atoms with van der Waals surface area (Å²) in [4.78, 5) is 22.9. The lowest BCUT2D eigenvalue weighted by molar-refractivity contribution is -0.201. The molecule has 1 aromatic heterocycles. The molecule has 2 rings (SSSR count). The van der Waals surface area contributed by atoms with Crippen LogP contribution in [0.3, 0.4) is 0 Å². The van der Waals surface area contributed by atoms with Gasteiger partial charge in [-0.25, -0.2) is 4.79 Å². The lowest BCUT2D eigenvalue weighted by Gasteiger charge is -2.08. The van der Waals surface area contributed by atoms with Crippen LogP contribution in [0.4, 0.5) is 13.2 Å². The summed E-state index contributed by atoms with van der Waals surface area (Å²) in [6, 6.07) is 11.4. The average molecular weight is 401 g/mol. The van der Waals surface area contributed by atoms with Crippen molar-refractivity contribution >= 4 is 23.3 Å². The molecule has 0 radical (unpaired) electrons. The van der Waals surface area contributed by atoms with Crippen molar-refractivity contribution in [3.8, 4) is 5.75 Å². The van der Waals surface area contributed by atoms with Crippen LogP contribution >= 0.6 is 11.3 Å². The molecule has 0 aliphatic carbocycles. The van der Waals surface area contributed by atoms with Crippen molar-refractivity contribution in [1.29, 1.82) is 0 Å². The molecule has 0 spiro atoms. The van der Waals surface area contributed by atoms with Crippen LogP contribution in [0.2, 0.25) is 0 Å². The zero-order chi connectivity index (χ0) is 19.7. The Bertz CT molecular complexity index is 730. The van der Waals surface area contributed by atoms with E-state index < -0.39 is 18.1 Å². The number of ether oxygens (including phenoxy) is 2. The van der Waals surface area contributed by atoms with Crippen molar-refractivity contribution in [3.05, 3.63) is 52.2 Å². The number of benzene rings is 1. The van der Waals surface area contributed by atoms with E-state index in [0.29, 0.717) is 13.2 Å². The quantitative estimate of drug-likeness (QED) is 0.396. The first kappa shape index (κ1) is 20.9. The van der Waals surface area contributed by atoms with E-state index in [1.165, 1.54) is 4.88 Å². The van der Waals surface area contributed by atoms with E-state index in [1.807, 2.05) is 35.7 Å². The molecule has 0 aliphatic heterocycles. The van der Waals surface area contributed by atoms with Crippen LogP contribution in [0.1, 0.15) is 16.9 Å². The van der Waals surface area contributed by atoms with Gasteiger partial charge in [-0.1, -0.05) is 18.2 Å². The van der Waals surface area contributed by atoms with Crippen LogP contribution in [0.15, 0.2) is 41.8 Å². The number of carbonyl (C=O) groups is 2. The minimum Gasteiger partial charge on any atom is -0.493 e. The summed E-state index contributed by atoms with van der Waals surface area (Å²) in [5.41, 5.74) is 0.917. The third kappa shape index (κ3) is 7.79. The van der Waals surface area contributed by atoms with E-state index in [2.05, 4.69) is 16.1 Å². The molecule has 0 aliphatic rings. The predicted octanol–water partition coefficient (Wildman–Crippen LogP) is 3.48. The molecule has 0 fully saturated rings. The second kappa shape index (κ2) is 10.1. The first-order valence-corrected chi connectivity index (χ1v) is 8.99. The van der Waals surface area contributed by atoms with Gasteiger partial charge in [0.15, 0.2) is 0 Å². The summed E-state index contributed by atoms with van der Waals surface area (Å²) in [6.07, 6.45) is -4.67. The molecule has 0 atom stereocenters. The molecular formula is C18H18F3NO4S. The Balaban J connectivity index is 1.62. The topological polar surface area (TPSA) is 64.6 Å². The number of nitrogens with one attached hydrogen (secondary N) is 1. The molecule has 146 valence electrons. The fourth-order valence-electron chi connectivity index (χ4n) is 2.06. The summed E-state index contributed by atoms with van der Waals surface area (Å²) >= 11 is 1.68. The number of rotatable bonds is 9. The first-order chi connectivity index (χ1) is 12.8. The van der Waals surface area contributed by atoms with Gasteiger partial charge in [-0.2, -0.15) is 13.2 Å². The number of halogens is 3. The van der Waals surface area contributed by atoms with E-state index in [0.717, 1.165) is 17.7 Å². The molecule has 0 saturated carbocycles. The van der Waals surface area contributed by atoms with Gasteiger partial charge in [-0.3, -0.25) is 4.79 Å². The number of esters is 2. The molecule has 0 bridgehead atoms. The standard InChI is InChI=1S/C18H18F3NO4S/c19-18(20,21)17(24)26-16(23)7-9-22-12-13-3-5-14(6-4-13)25-10-8-15-2-1-11-27-15/h1-6,11,22H,7-10,12H2. The van der Waals surface area contributed by atoms with Crippen LogP contribution in [-0.2, 0) is 27.3 Å². The fraction of sp³-hybridized carbons (Fsp3) is 0.333. The molecule has 1 heterocycles. The molecule has 2 aromatic rings. The Morgan fingerprint density at radius 2 is 1.85 bits per heavy atom. The number of thiophene rings is 1. The zero-order valence-electron chi connectivity index (χ0n) is 14.3. The van der Waals surface area contributed by atoms with Crippen LogP contribution in [-0.4, -0.2) is 31.3 Å². The van der Waals surface area contributed by atoms with Crippen molar-refractivity contribution < 1.29 is 32.2 Å². The van der Waals surface area contributed by atoms with Gasteiger partial charge in [-0.15, -0.1) is 11.3 Å². The third-order valence-electron chi connectivity index (χ3n) is 3.39. The summed E-state index contributed by atoms with van der Waals surface area (Å²) in [5.74, 6) is -2.98. The van der Waals surface area contributed by atoms with Gasteiger partial charge >= 0.3 is 18.1 Å². The van der Waals surface area contributed by atoms with Gasteiger partial charge in [0, 0.05) is 24.4 Å². The van der Waals surface area contributed by atoms with Gasteiger partial charge in [0.2, 0.25) is 0 Å². The maximum absolute atomic E-state index is 11.9. The summed E-state index contributed by atoms with van der Waals surface area (Å²) in [7, 11) is 0. The predicted molar refractivity (Wildman–Crippen MR) is 93.4 cm³/mol. The minimum absolute atomic E-state index is 0.0863. The van der Waals surface area contributed by atoms with Crippen LogP contribution in [0, 0.1) is 0 Å². The SMILES string of the molecule is O=C(CCNCc1ccc(OCCc2cccs2)cc1)OC(=O)C(F)(F)F. The number of hydrogen-bond donors (Lipinski definition) is 1. The molecule has 27 heavy (non-hydrogen) atoms. The van der Waals surface area contributed by atoms with Crippen LogP contribution in [0.5, 0.6) is 5.75 Å². The average Bonchev–Trinajstić information content (AvgIpc) is 3.12. The Labute approximate surface area is 158 Å². The molecule has 9 heteroatoms. The van der Waals surface area contributed by atoms with E-state index in [1.54, 1.807) is 11.3 Å². The molecule has 0 saturated heterocycles. The van der Waals surface area contributed by atoms with Crippen LogP contribution < -0.4 is 10.1 Å². The highest BCUT2D eigenvalue weighted by Gasteiger charge is 2.42. The zero-order valence-corrected chi connectivity index (χ0v) is 15.1. The summed E-state index contributed by atoms with van der Waals surface area (Å²) in [5, 5.41) is 4.91. The lowest BCUT2D eigenvalue weighted by Crippen LogP contribution is -2.29. The van der Waals surface area contributed by atoms with Crippen molar-refractivity contribution in [3.63, 3.8) is 0 Å². The van der Waals surface area contributed by atoms with Gasteiger partial charge in [-0.05, 0) is 29.1 Å². The second-order valence-electron chi connectivity index (χ2n) is 5.51. The monoisotopic (exact) mass is 401 g/mol. The number of carbonyl (C=O) groups excluding carboxylic acids is 2. The minimum atomic E-state index is -5.17. The highest BCUT2D eigenvalue weighted by molar-refractivity contribution is 7.09. The maximum atomic E-state index is 11.9. The smallest absolute Gasteiger partial charge is 0.491 e. The molecule has 0 unspecified atom stereocenters. The fourth-order valence-corrected chi connectivity index (χ4v) is 2.75. The van der Waals surface area contributed by atoms with Crippen molar-refractivity contribution in [1.82, 2.24) is 5.32 Å². The van der Waals surface area contributed by atoms with E-state index in [4.69, 9.17) is 4.74 Å². The Hall–Kier alpha value is -2.39. The lowest BCUT2D eigenvalue weighted by atomic mass is 10.2. The van der Waals surface area contributed by atoms with Gasteiger partial charge in [0.25, 0.3) is 0 Å². The normalized spacial score (nSPS) is 11.2. The van der Waals surface area contributed by atoms with Crippen molar-refractivity contribution in [2.24, 2.45) is 0 Å². The van der Waals surface area contributed by atoms with Gasteiger partial charge in [0.05, 0.1) is 13.0 Å².